The highest BCUT2D eigenvalue weighted by Crippen LogP contribution is 2.20. The Bertz CT molecular complexity index is 141. The van der Waals surface area contributed by atoms with Crippen molar-refractivity contribution in [1.29, 1.82) is 0 Å². The van der Waals surface area contributed by atoms with E-state index in [1.807, 2.05) is 7.05 Å². The zero-order chi connectivity index (χ0) is 7.72. The fraction of sp³-hybridized carbons (Fsp3) is 0.857. The number of hydrogen-bond acceptors (Lipinski definition) is 2. The van der Waals surface area contributed by atoms with Crippen molar-refractivity contribution in [3.63, 3.8) is 0 Å². The zero-order valence-corrected chi connectivity index (χ0v) is 7.60. The van der Waals surface area contributed by atoms with Crippen LogP contribution in [0.2, 0.25) is 0 Å². The average molecular weight is 180 g/mol. The lowest BCUT2D eigenvalue weighted by Gasteiger charge is -2.12. The molecule has 1 heterocycles. The van der Waals surface area contributed by atoms with Gasteiger partial charge in [-0.25, -0.2) is 0 Å². The predicted octanol–water partition coefficient (Wildman–Crippen LogP) is 0.833. The van der Waals surface area contributed by atoms with Crippen LogP contribution >= 0.6 is 12.4 Å². The molecular formula is C7H14ClNO2. The molecule has 0 bridgehead atoms. The lowest BCUT2D eigenvalue weighted by Crippen LogP contribution is -2.22. The van der Waals surface area contributed by atoms with Gasteiger partial charge in [0.2, 0.25) is 0 Å². The number of rotatable bonds is 1. The van der Waals surface area contributed by atoms with Gasteiger partial charge < -0.3 is 10.0 Å². The molecule has 1 saturated heterocycles. The van der Waals surface area contributed by atoms with Gasteiger partial charge in [0.25, 0.3) is 0 Å². The Hall–Kier alpha value is -0.280. The maximum Gasteiger partial charge on any atom is 0.307 e. The minimum atomic E-state index is -0.656. The third-order valence-electron chi connectivity index (χ3n) is 2.24. The molecule has 1 aliphatic heterocycles. The van der Waals surface area contributed by atoms with Crippen molar-refractivity contribution >= 4 is 18.4 Å². The number of halogens is 1. The summed E-state index contributed by atoms with van der Waals surface area (Å²) in [6, 6.07) is 0.432. The Morgan fingerprint density at radius 1 is 1.64 bits per heavy atom. The van der Waals surface area contributed by atoms with Crippen LogP contribution < -0.4 is 0 Å². The third kappa shape index (κ3) is 2.34. The zero-order valence-electron chi connectivity index (χ0n) is 6.78. The van der Waals surface area contributed by atoms with Crippen LogP contribution in [0.25, 0.3) is 0 Å². The quantitative estimate of drug-likeness (QED) is 0.649. The topological polar surface area (TPSA) is 40.5 Å². The number of carbonyl (C=O) groups is 1. The van der Waals surface area contributed by atoms with Crippen molar-refractivity contribution < 1.29 is 9.90 Å². The summed E-state index contributed by atoms with van der Waals surface area (Å²) in [7, 11) is 1.97. The van der Waals surface area contributed by atoms with Crippen molar-refractivity contribution in [3.05, 3.63) is 0 Å². The van der Waals surface area contributed by atoms with Crippen molar-refractivity contribution in [2.24, 2.45) is 5.92 Å². The monoisotopic (exact) mass is 179 g/mol. The van der Waals surface area contributed by atoms with Crippen LogP contribution in [0, 0.1) is 5.92 Å². The lowest BCUT2D eigenvalue weighted by atomic mass is 10.1. The Morgan fingerprint density at radius 2 is 2.18 bits per heavy atom. The van der Waals surface area contributed by atoms with Crippen LogP contribution in [0.15, 0.2) is 0 Å². The Labute approximate surface area is 72.8 Å². The van der Waals surface area contributed by atoms with Gasteiger partial charge in [-0.05, 0) is 20.4 Å². The first-order chi connectivity index (χ1) is 4.61. The van der Waals surface area contributed by atoms with Gasteiger partial charge in [-0.1, -0.05) is 0 Å². The number of hydrogen-bond donors (Lipinski definition) is 1. The second-order valence-corrected chi connectivity index (χ2v) is 3.06. The van der Waals surface area contributed by atoms with E-state index in [4.69, 9.17) is 5.11 Å². The molecular weight excluding hydrogens is 166 g/mol. The summed E-state index contributed by atoms with van der Waals surface area (Å²) in [5.74, 6) is -0.795. The van der Waals surface area contributed by atoms with Crippen molar-refractivity contribution in [2.45, 2.75) is 19.4 Å². The van der Waals surface area contributed by atoms with Crippen molar-refractivity contribution in [3.8, 4) is 0 Å². The first-order valence-electron chi connectivity index (χ1n) is 3.54. The van der Waals surface area contributed by atoms with Gasteiger partial charge in [0.1, 0.15) is 0 Å². The molecule has 11 heavy (non-hydrogen) atoms. The first kappa shape index (κ1) is 10.7. The van der Waals surface area contributed by atoms with E-state index in [0.717, 1.165) is 6.42 Å². The highest BCUT2D eigenvalue weighted by atomic mass is 35.5. The van der Waals surface area contributed by atoms with Gasteiger partial charge in [0.15, 0.2) is 0 Å². The van der Waals surface area contributed by atoms with Gasteiger partial charge >= 0.3 is 5.97 Å². The van der Waals surface area contributed by atoms with Gasteiger partial charge in [-0.15, -0.1) is 12.4 Å². The fourth-order valence-corrected chi connectivity index (χ4v) is 1.37. The van der Waals surface area contributed by atoms with E-state index >= 15 is 0 Å². The molecule has 0 saturated carbocycles. The standard InChI is InChI=1S/C7H13NO2.ClH/c1-5-3-6(7(9)10)4-8(5)2;/h5-6H,3-4H2,1-2H3,(H,9,10);1H/t5-,6+;/m1./s1. The van der Waals surface area contributed by atoms with Gasteiger partial charge in [0, 0.05) is 12.6 Å². The van der Waals surface area contributed by atoms with E-state index < -0.39 is 5.97 Å². The van der Waals surface area contributed by atoms with E-state index in [2.05, 4.69) is 11.8 Å². The van der Waals surface area contributed by atoms with E-state index in [-0.39, 0.29) is 18.3 Å². The molecule has 0 amide bonds. The van der Waals surface area contributed by atoms with E-state index in [0.29, 0.717) is 12.6 Å². The molecule has 4 heteroatoms. The fourth-order valence-electron chi connectivity index (χ4n) is 1.37. The minimum Gasteiger partial charge on any atom is -0.481 e. The first-order valence-corrected chi connectivity index (χ1v) is 3.54. The maximum absolute atomic E-state index is 10.5. The van der Waals surface area contributed by atoms with Crippen molar-refractivity contribution in [2.75, 3.05) is 13.6 Å². The molecule has 0 unspecified atom stereocenters. The largest absolute Gasteiger partial charge is 0.481 e. The molecule has 0 aromatic heterocycles. The molecule has 1 rings (SSSR count). The summed E-state index contributed by atoms with van der Waals surface area (Å²) in [6.45, 7) is 2.76. The second kappa shape index (κ2) is 3.93. The molecule has 1 N–H and O–H groups in total. The highest BCUT2D eigenvalue weighted by molar-refractivity contribution is 5.85. The molecule has 0 radical (unpaired) electrons. The predicted molar refractivity (Wildman–Crippen MR) is 45.1 cm³/mol. The molecule has 1 fully saturated rings. The minimum absolute atomic E-state index is 0. The molecule has 2 atom stereocenters. The maximum atomic E-state index is 10.5. The normalized spacial score (nSPS) is 31.5. The molecule has 0 spiro atoms. The smallest absolute Gasteiger partial charge is 0.307 e. The summed E-state index contributed by atoms with van der Waals surface area (Å²) in [5, 5.41) is 8.62. The van der Waals surface area contributed by atoms with E-state index in [1.165, 1.54) is 0 Å². The van der Waals surface area contributed by atoms with Crippen LogP contribution in [0.5, 0.6) is 0 Å². The van der Waals surface area contributed by atoms with E-state index in [1.54, 1.807) is 0 Å². The average Bonchev–Trinajstić information content (AvgIpc) is 2.13. The lowest BCUT2D eigenvalue weighted by molar-refractivity contribution is -0.141. The highest BCUT2D eigenvalue weighted by Gasteiger charge is 2.30. The molecule has 66 valence electrons. The van der Waals surface area contributed by atoms with Gasteiger partial charge in [-0.3, -0.25) is 4.79 Å². The summed E-state index contributed by atoms with van der Waals surface area (Å²) < 4.78 is 0. The van der Waals surface area contributed by atoms with Crippen LogP contribution in [-0.4, -0.2) is 35.6 Å². The number of carboxylic acid groups (broad SMARTS) is 1. The van der Waals surface area contributed by atoms with E-state index in [9.17, 15) is 4.79 Å². The molecule has 0 aromatic carbocycles. The van der Waals surface area contributed by atoms with Crippen LogP contribution in [0.3, 0.4) is 0 Å². The Balaban J connectivity index is 0.000001000. The van der Waals surface area contributed by atoms with Gasteiger partial charge in [0.05, 0.1) is 5.92 Å². The summed E-state index contributed by atoms with van der Waals surface area (Å²) in [4.78, 5) is 12.5. The van der Waals surface area contributed by atoms with Crippen LogP contribution in [0.1, 0.15) is 13.3 Å². The number of nitrogens with zero attached hydrogens (tertiary/aromatic N) is 1. The number of likely N-dealkylation sites (tertiary alicyclic amines) is 1. The summed E-state index contributed by atoms with van der Waals surface area (Å²) in [6.07, 6.45) is 0.797. The number of aliphatic carboxylic acids is 1. The number of carboxylic acids is 1. The molecule has 0 aliphatic carbocycles. The van der Waals surface area contributed by atoms with Crippen molar-refractivity contribution in [1.82, 2.24) is 4.90 Å². The summed E-state index contributed by atoms with van der Waals surface area (Å²) in [5.41, 5.74) is 0. The Kier molecular flexibility index (Phi) is 3.83. The molecule has 1 aliphatic rings. The second-order valence-electron chi connectivity index (χ2n) is 3.06. The van der Waals surface area contributed by atoms with Crippen LogP contribution in [0.4, 0.5) is 0 Å². The summed E-state index contributed by atoms with van der Waals surface area (Å²) >= 11 is 0. The molecule has 3 nitrogen and oxygen atoms in total. The SMILES string of the molecule is C[C@@H]1C[C@H](C(=O)O)CN1C.Cl. The molecule has 0 aromatic rings. The van der Waals surface area contributed by atoms with Crippen LogP contribution in [-0.2, 0) is 4.79 Å². The Morgan fingerprint density at radius 3 is 2.36 bits per heavy atom. The third-order valence-corrected chi connectivity index (χ3v) is 2.24. The van der Waals surface area contributed by atoms with Gasteiger partial charge in [-0.2, -0.15) is 0 Å².